The fourth-order valence-corrected chi connectivity index (χ4v) is 2.98. The van der Waals surface area contributed by atoms with Crippen LogP contribution in [-0.4, -0.2) is 26.1 Å². The summed E-state index contributed by atoms with van der Waals surface area (Å²) in [5, 5.41) is 3.22. The molecule has 1 amide bonds. The van der Waals surface area contributed by atoms with Crippen LogP contribution < -0.4 is 16.6 Å². The molecule has 0 fully saturated rings. The van der Waals surface area contributed by atoms with Gasteiger partial charge < -0.3 is 5.32 Å². The molecule has 7 heteroatoms. The molecule has 1 aromatic carbocycles. The smallest absolute Gasteiger partial charge is 0.332 e. The first-order valence-electron chi connectivity index (χ1n) is 8.80. The number of rotatable bonds is 5. The van der Waals surface area contributed by atoms with Crippen molar-refractivity contribution < 1.29 is 4.79 Å². The largest absolute Gasteiger partial charge is 0.348 e. The molecule has 0 aliphatic rings. The van der Waals surface area contributed by atoms with E-state index in [2.05, 4.69) is 22.4 Å². The Bertz CT molecular complexity index is 1100. The van der Waals surface area contributed by atoms with Crippen molar-refractivity contribution in [3.63, 3.8) is 0 Å². The van der Waals surface area contributed by atoms with Gasteiger partial charge in [-0.05, 0) is 37.5 Å². The van der Waals surface area contributed by atoms with Gasteiger partial charge in [-0.15, -0.1) is 0 Å². The molecule has 0 bridgehead atoms. The topological polar surface area (TPSA) is 86.0 Å². The molecule has 27 heavy (non-hydrogen) atoms. The minimum Gasteiger partial charge on any atom is -0.348 e. The van der Waals surface area contributed by atoms with Gasteiger partial charge >= 0.3 is 5.69 Å². The van der Waals surface area contributed by atoms with Gasteiger partial charge in [-0.1, -0.05) is 30.3 Å². The predicted molar refractivity (Wildman–Crippen MR) is 104 cm³/mol. The molecule has 2 heterocycles. The van der Waals surface area contributed by atoms with E-state index in [1.807, 2.05) is 25.1 Å². The fraction of sp³-hybridized carbons (Fsp3) is 0.300. The minimum absolute atomic E-state index is 0.0392. The minimum atomic E-state index is -0.478. The molecule has 1 N–H and O–H groups in total. The van der Waals surface area contributed by atoms with Crippen LogP contribution in [0.4, 0.5) is 0 Å². The average molecular weight is 366 g/mol. The van der Waals surface area contributed by atoms with Gasteiger partial charge in [0.25, 0.3) is 11.5 Å². The standard InChI is InChI=1S/C20H22N4O3/c1-13(9-10-14-7-5-4-6-8-14)21-18(25)16-12-11-15-17(22-16)23(2)20(27)24(3)19(15)26/h4-8,11-13H,9-10H2,1-3H3,(H,21,25)/t13-/m1/s1. The van der Waals surface area contributed by atoms with Crippen LogP contribution in [0.25, 0.3) is 11.0 Å². The molecular formula is C20H22N4O3. The van der Waals surface area contributed by atoms with Crippen molar-refractivity contribution in [1.29, 1.82) is 0 Å². The lowest BCUT2D eigenvalue weighted by molar-refractivity contribution is 0.0933. The first kappa shape index (κ1) is 18.6. The third-order valence-corrected chi connectivity index (χ3v) is 4.62. The summed E-state index contributed by atoms with van der Waals surface area (Å²) in [4.78, 5) is 41.0. The zero-order valence-electron chi connectivity index (χ0n) is 15.6. The first-order valence-corrected chi connectivity index (χ1v) is 8.80. The lowest BCUT2D eigenvalue weighted by Crippen LogP contribution is -2.38. The fourth-order valence-electron chi connectivity index (χ4n) is 2.98. The van der Waals surface area contributed by atoms with Gasteiger partial charge in [0.15, 0.2) is 0 Å². The van der Waals surface area contributed by atoms with Crippen LogP contribution in [0.15, 0.2) is 52.1 Å². The van der Waals surface area contributed by atoms with Gasteiger partial charge in [0, 0.05) is 20.1 Å². The number of pyridine rings is 1. The molecule has 7 nitrogen and oxygen atoms in total. The second-order valence-corrected chi connectivity index (χ2v) is 6.67. The highest BCUT2D eigenvalue weighted by atomic mass is 16.2. The molecule has 0 aliphatic carbocycles. The highest BCUT2D eigenvalue weighted by Gasteiger charge is 2.15. The summed E-state index contributed by atoms with van der Waals surface area (Å²) in [7, 11) is 2.94. The van der Waals surface area contributed by atoms with Gasteiger partial charge in [0.05, 0.1) is 5.39 Å². The number of carbonyl (C=O) groups is 1. The van der Waals surface area contributed by atoms with Crippen molar-refractivity contribution >= 4 is 16.9 Å². The molecule has 0 unspecified atom stereocenters. The van der Waals surface area contributed by atoms with Crippen molar-refractivity contribution in [3.05, 3.63) is 74.6 Å². The molecule has 0 saturated carbocycles. The van der Waals surface area contributed by atoms with Gasteiger partial charge in [0.2, 0.25) is 0 Å². The van der Waals surface area contributed by atoms with Gasteiger partial charge in [0.1, 0.15) is 11.3 Å². The van der Waals surface area contributed by atoms with Crippen molar-refractivity contribution in [3.8, 4) is 0 Å². The predicted octanol–water partition coefficient (Wildman–Crippen LogP) is 1.38. The average Bonchev–Trinajstić information content (AvgIpc) is 2.69. The summed E-state index contributed by atoms with van der Waals surface area (Å²) < 4.78 is 2.29. The quantitative estimate of drug-likeness (QED) is 0.739. The van der Waals surface area contributed by atoms with Crippen LogP contribution in [0.1, 0.15) is 29.4 Å². The van der Waals surface area contributed by atoms with E-state index in [0.29, 0.717) is 5.39 Å². The number of benzene rings is 1. The molecule has 3 aromatic rings. The summed E-state index contributed by atoms with van der Waals surface area (Å²) in [6.45, 7) is 1.94. The number of carbonyl (C=O) groups excluding carboxylic acids is 1. The zero-order chi connectivity index (χ0) is 19.6. The number of aromatic nitrogens is 3. The third-order valence-electron chi connectivity index (χ3n) is 4.62. The summed E-state index contributed by atoms with van der Waals surface area (Å²) >= 11 is 0. The molecule has 0 radical (unpaired) electrons. The van der Waals surface area contributed by atoms with E-state index in [0.717, 1.165) is 17.4 Å². The molecule has 140 valence electrons. The van der Waals surface area contributed by atoms with E-state index in [1.165, 1.54) is 36.4 Å². The molecule has 3 rings (SSSR count). The molecular weight excluding hydrogens is 344 g/mol. The summed E-state index contributed by atoms with van der Waals surface area (Å²) in [5.41, 5.74) is 0.691. The Balaban J connectivity index is 1.77. The Labute approximate surface area is 156 Å². The lowest BCUT2D eigenvalue weighted by atomic mass is 10.1. The van der Waals surface area contributed by atoms with Crippen molar-refractivity contribution in [1.82, 2.24) is 19.4 Å². The molecule has 1 atom stereocenters. The van der Waals surface area contributed by atoms with E-state index in [4.69, 9.17) is 0 Å². The molecule has 2 aromatic heterocycles. The third kappa shape index (κ3) is 3.81. The van der Waals surface area contributed by atoms with E-state index in [1.54, 1.807) is 0 Å². The first-order chi connectivity index (χ1) is 12.9. The van der Waals surface area contributed by atoms with Crippen molar-refractivity contribution in [2.45, 2.75) is 25.8 Å². The van der Waals surface area contributed by atoms with Crippen LogP contribution in [0.2, 0.25) is 0 Å². The number of hydrogen-bond donors (Lipinski definition) is 1. The maximum Gasteiger partial charge on any atom is 0.332 e. The van der Waals surface area contributed by atoms with Crippen molar-refractivity contribution in [2.75, 3.05) is 0 Å². The highest BCUT2D eigenvalue weighted by molar-refractivity contribution is 5.94. The number of hydrogen-bond acceptors (Lipinski definition) is 4. The van der Waals surface area contributed by atoms with Crippen LogP contribution in [0.5, 0.6) is 0 Å². The monoisotopic (exact) mass is 366 g/mol. The number of fused-ring (bicyclic) bond motifs is 1. The Morgan fingerprint density at radius 3 is 2.48 bits per heavy atom. The van der Waals surface area contributed by atoms with E-state index < -0.39 is 11.2 Å². The summed E-state index contributed by atoms with van der Waals surface area (Å²) in [6.07, 6.45) is 1.65. The molecule has 0 saturated heterocycles. The van der Waals surface area contributed by atoms with Crippen LogP contribution >= 0.6 is 0 Å². The normalized spacial score (nSPS) is 12.1. The van der Waals surface area contributed by atoms with Crippen LogP contribution in [-0.2, 0) is 20.5 Å². The number of amides is 1. The Morgan fingerprint density at radius 2 is 1.78 bits per heavy atom. The number of nitrogens with zero attached hydrogens (tertiary/aromatic N) is 3. The van der Waals surface area contributed by atoms with E-state index in [-0.39, 0.29) is 23.3 Å². The van der Waals surface area contributed by atoms with Crippen molar-refractivity contribution in [2.24, 2.45) is 14.1 Å². The Morgan fingerprint density at radius 1 is 1.07 bits per heavy atom. The second kappa shape index (κ2) is 7.57. The number of nitrogens with one attached hydrogen (secondary N) is 1. The summed E-state index contributed by atoms with van der Waals surface area (Å²) in [5.74, 6) is -0.328. The van der Waals surface area contributed by atoms with E-state index >= 15 is 0 Å². The maximum absolute atomic E-state index is 12.5. The van der Waals surface area contributed by atoms with Crippen LogP contribution in [0, 0.1) is 0 Å². The number of aryl methyl sites for hydroxylation is 2. The SMILES string of the molecule is C[C@H](CCc1ccccc1)NC(=O)c1ccc2c(=O)n(C)c(=O)n(C)c2n1. The molecule has 0 spiro atoms. The molecule has 0 aliphatic heterocycles. The zero-order valence-corrected chi connectivity index (χ0v) is 15.6. The van der Waals surface area contributed by atoms with Gasteiger partial charge in [-0.3, -0.25) is 18.7 Å². The summed E-state index contributed by atoms with van der Waals surface area (Å²) in [6, 6.07) is 13.1. The Kier molecular flexibility index (Phi) is 5.21. The second-order valence-electron chi connectivity index (χ2n) is 6.67. The van der Waals surface area contributed by atoms with E-state index in [9.17, 15) is 14.4 Å². The maximum atomic E-state index is 12.5. The lowest BCUT2D eigenvalue weighted by Gasteiger charge is -2.14. The van der Waals surface area contributed by atoms with Gasteiger partial charge in [-0.2, -0.15) is 0 Å². The van der Waals surface area contributed by atoms with Crippen LogP contribution in [0.3, 0.4) is 0 Å². The van der Waals surface area contributed by atoms with Gasteiger partial charge in [-0.25, -0.2) is 9.78 Å². The Hall–Kier alpha value is -3.22. The highest BCUT2D eigenvalue weighted by Crippen LogP contribution is 2.08.